The van der Waals surface area contributed by atoms with Crippen molar-refractivity contribution in [2.75, 3.05) is 13.2 Å². The molecular formula is C20H26N2O2. The van der Waals surface area contributed by atoms with Crippen LogP contribution < -0.4 is 15.4 Å². The molecule has 0 radical (unpaired) electrons. The minimum Gasteiger partial charge on any atom is -0.492 e. The second kappa shape index (κ2) is 8.96. The van der Waals surface area contributed by atoms with Crippen molar-refractivity contribution in [3.05, 3.63) is 65.2 Å². The van der Waals surface area contributed by atoms with Crippen LogP contribution >= 0.6 is 0 Å². The third-order valence-corrected chi connectivity index (χ3v) is 3.88. The van der Waals surface area contributed by atoms with Gasteiger partial charge in [0.25, 0.3) is 0 Å². The first-order valence-corrected chi connectivity index (χ1v) is 8.35. The highest BCUT2D eigenvalue weighted by atomic mass is 16.5. The summed E-state index contributed by atoms with van der Waals surface area (Å²) in [6, 6.07) is 15.9. The number of hydrogen-bond acceptors (Lipinski definition) is 2. The highest BCUT2D eigenvalue weighted by Crippen LogP contribution is 2.19. The van der Waals surface area contributed by atoms with Gasteiger partial charge in [0.2, 0.25) is 0 Å². The van der Waals surface area contributed by atoms with E-state index in [-0.39, 0.29) is 6.03 Å². The van der Waals surface area contributed by atoms with Gasteiger partial charge in [0.1, 0.15) is 12.4 Å². The molecule has 0 aliphatic carbocycles. The summed E-state index contributed by atoms with van der Waals surface area (Å²) >= 11 is 0. The van der Waals surface area contributed by atoms with Gasteiger partial charge in [-0.15, -0.1) is 0 Å². The Morgan fingerprint density at radius 3 is 2.62 bits per heavy atom. The molecule has 2 amide bonds. The van der Waals surface area contributed by atoms with Gasteiger partial charge in [-0.2, -0.15) is 0 Å². The SMILES string of the molecule is Cc1ccccc1CNC(=O)NCCOc1cccc(C(C)C)c1. The molecule has 2 rings (SSSR count). The largest absolute Gasteiger partial charge is 0.492 e. The van der Waals surface area contributed by atoms with E-state index in [4.69, 9.17) is 4.74 Å². The first kappa shape index (κ1) is 17.9. The number of aryl methyl sites for hydroxylation is 1. The fourth-order valence-corrected chi connectivity index (χ4v) is 2.34. The van der Waals surface area contributed by atoms with Crippen molar-refractivity contribution in [1.29, 1.82) is 0 Å². The summed E-state index contributed by atoms with van der Waals surface area (Å²) in [6.07, 6.45) is 0. The van der Waals surface area contributed by atoms with E-state index in [1.54, 1.807) is 0 Å². The zero-order valence-corrected chi connectivity index (χ0v) is 14.6. The number of ether oxygens (including phenoxy) is 1. The van der Waals surface area contributed by atoms with Crippen molar-refractivity contribution in [3.63, 3.8) is 0 Å². The van der Waals surface area contributed by atoms with Crippen molar-refractivity contribution >= 4 is 6.03 Å². The van der Waals surface area contributed by atoms with Crippen LogP contribution in [-0.2, 0) is 6.54 Å². The van der Waals surface area contributed by atoms with Crippen molar-refractivity contribution in [2.45, 2.75) is 33.2 Å². The Balaban J connectivity index is 1.68. The summed E-state index contributed by atoms with van der Waals surface area (Å²) in [5.74, 6) is 1.31. The highest BCUT2D eigenvalue weighted by Gasteiger charge is 2.03. The van der Waals surface area contributed by atoms with Crippen molar-refractivity contribution in [2.24, 2.45) is 0 Å². The number of carbonyl (C=O) groups excluding carboxylic acids is 1. The molecule has 0 fully saturated rings. The summed E-state index contributed by atoms with van der Waals surface area (Å²) < 4.78 is 5.69. The Kier molecular flexibility index (Phi) is 6.67. The molecule has 0 aromatic heterocycles. The molecule has 0 heterocycles. The summed E-state index contributed by atoms with van der Waals surface area (Å²) in [5, 5.41) is 5.66. The predicted molar refractivity (Wildman–Crippen MR) is 97.4 cm³/mol. The van der Waals surface area contributed by atoms with E-state index in [1.165, 1.54) is 11.1 Å². The minimum atomic E-state index is -0.183. The van der Waals surface area contributed by atoms with Gasteiger partial charge in [0.05, 0.1) is 6.54 Å². The van der Waals surface area contributed by atoms with Gasteiger partial charge < -0.3 is 15.4 Å². The molecule has 0 saturated heterocycles. The number of nitrogens with one attached hydrogen (secondary N) is 2. The Morgan fingerprint density at radius 2 is 1.88 bits per heavy atom. The number of urea groups is 1. The number of amides is 2. The zero-order valence-electron chi connectivity index (χ0n) is 14.6. The van der Waals surface area contributed by atoms with Crippen LogP contribution in [0.5, 0.6) is 5.75 Å². The van der Waals surface area contributed by atoms with E-state index < -0.39 is 0 Å². The lowest BCUT2D eigenvalue weighted by molar-refractivity contribution is 0.236. The number of rotatable bonds is 7. The molecule has 2 aromatic carbocycles. The van der Waals surface area contributed by atoms with Crippen LogP contribution in [0.15, 0.2) is 48.5 Å². The van der Waals surface area contributed by atoms with Crippen molar-refractivity contribution in [1.82, 2.24) is 10.6 Å². The van der Waals surface area contributed by atoms with Crippen LogP contribution in [0.25, 0.3) is 0 Å². The first-order chi connectivity index (χ1) is 11.6. The van der Waals surface area contributed by atoms with Crippen LogP contribution in [0.3, 0.4) is 0 Å². The molecule has 128 valence electrons. The standard InChI is InChI=1S/C20H26N2O2/c1-15(2)17-9-6-10-19(13-17)24-12-11-21-20(23)22-14-18-8-5-4-7-16(18)3/h4-10,13,15H,11-12,14H2,1-3H3,(H2,21,22,23). The van der Waals surface area contributed by atoms with E-state index in [9.17, 15) is 4.79 Å². The van der Waals surface area contributed by atoms with E-state index >= 15 is 0 Å². The summed E-state index contributed by atoms with van der Waals surface area (Å²) in [5.41, 5.74) is 3.54. The van der Waals surface area contributed by atoms with Gasteiger partial charge in [-0.1, -0.05) is 50.2 Å². The molecule has 4 heteroatoms. The lowest BCUT2D eigenvalue weighted by atomic mass is 10.0. The molecule has 2 aromatic rings. The number of carbonyl (C=O) groups is 1. The van der Waals surface area contributed by atoms with E-state index in [2.05, 4.69) is 30.5 Å². The average Bonchev–Trinajstić information content (AvgIpc) is 2.58. The minimum absolute atomic E-state index is 0.183. The topological polar surface area (TPSA) is 50.4 Å². The monoisotopic (exact) mass is 326 g/mol. The molecular weight excluding hydrogens is 300 g/mol. The normalized spacial score (nSPS) is 10.5. The fourth-order valence-electron chi connectivity index (χ4n) is 2.34. The van der Waals surface area contributed by atoms with Crippen LogP contribution in [0.4, 0.5) is 4.79 Å². The van der Waals surface area contributed by atoms with Crippen LogP contribution in [0.2, 0.25) is 0 Å². The zero-order chi connectivity index (χ0) is 17.4. The summed E-state index contributed by atoms with van der Waals surface area (Å²) in [7, 11) is 0. The lowest BCUT2D eigenvalue weighted by Crippen LogP contribution is -2.37. The van der Waals surface area contributed by atoms with Crippen LogP contribution in [0.1, 0.15) is 36.5 Å². The second-order valence-electron chi connectivity index (χ2n) is 6.11. The van der Waals surface area contributed by atoms with E-state index in [0.29, 0.717) is 25.6 Å². The van der Waals surface area contributed by atoms with Crippen molar-refractivity contribution < 1.29 is 9.53 Å². The second-order valence-corrected chi connectivity index (χ2v) is 6.11. The van der Waals surface area contributed by atoms with Gasteiger partial charge in [-0.05, 0) is 41.7 Å². The van der Waals surface area contributed by atoms with Gasteiger partial charge in [-0.3, -0.25) is 0 Å². The number of hydrogen-bond donors (Lipinski definition) is 2. The quantitative estimate of drug-likeness (QED) is 0.756. The maximum absolute atomic E-state index is 11.8. The van der Waals surface area contributed by atoms with Crippen molar-refractivity contribution in [3.8, 4) is 5.75 Å². The maximum Gasteiger partial charge on any atom is 0.315 e. The van der Waals surface area contributed by atoms with Crippen LogP contribution in [0, 0.1) is 6.92 Å². The van der Waals surface area contributed by atoms with Gasteiger partial charge in [-0.25, -0.2) is 4.79 Å². The Labute approximate surface area is 144 Å². The van der Waals surface area contributed by atoms with Gasteiger partial charge >= 0.3 is 6.03 Å². The Hall–Kier alpha value is -2.49. The highest BCUT2D eigenvalue weighted by molar-refractivity contribution is 5.73. The third-order valence-electron chi connectivity index (χ3n) is 3.88. The molecule has 0 aliphatic heterocycles. The molecule has 24 heavy (non-hydrogen) atoms. The van der Waals surface area contributed by atoms with Gasteiger partial charge in [0, 0.05) is 6.54 Å². The Bertz CT molecular complexity index is 668. The third kappa shape index (κ3) is 5.61. The summed E-state index contributed by atoms with van der Waals surface area (Å²) in [4.78, 5) is 11.8. The Morgan fingerprint density at radius 1 is 1.08 bits per heavy atom. The van der Waals surface area contributed by atoms with Gasteiger partial charge in [0.15, 0.2) is 0 Å². The fraction of sp³-hybridized carbons (Fsp3) is 0.350. The molecule has 0 unspecified atom stereocenters. The summed E-state index contributed by atoms with van der Waals surface area (Å²) in [6.45, 7) is 7.77. The molecule has 4 nitrogen and oxygen atoms in total. The van der Waals surface area contributed by atoms with Crippen LogP contribution in [-0.4, -0.2) is 19.2 Å². The first-order valence-electron chi connectivity index (χ1n) is 8.35. The molecule has 0 atom stereocenters. The molecule has 2 N–H and O–H groups in total. The predicted octanol–water partition coefficient (Wildman–Crippen LogP) is 4.00. The smallest absolute Gasteiger partial charge is 0.315 e. The lowest BCUT2D eigenvalue weighted by Gasteiger charge is -2.11. The molecule has 0 bridgehead atoms. The van der Waals surface area contributed by atoms with E-state index in [0.717, 1.165) is 11.3 Å². The molecule has 0 aliphatic rings. The molecule has 0 saturated carbocycles. The number of benzene rings is 2. The maximum atomic E-state index is 11.8. The van der Waals surface area contributed by atoms with E-state index in [1.807, 2.05) is 49.4 Å². The average molecular weight is 326 g/mol. The molecule has 0 spiro atoms.